The van der Waals surface area contributed by atoms with E-state index in [-0.39, 0.29) is 5.91 Å². The number of anilines is 2. The Hall–Kier alpha value is -4.42. The molecule has 0 aliphatic carbocycles. The molecule has 2 aliphatic heterocycles. The molecule has 1 aromatic heterocycles. The number of benzene rings is 2. The molecule has 0 radical (unpaired) electrons. The summed E-state index contributed by atoms with van der Waals surface area (Å²) in [7, 11) is 2.07. The maximum Gasteiger partial charge on any atom is 0.253 e. The van der Waals surface area contributed by atoms with Crippen LogP contribution in [0.25, 0.3) is 5.57 Å². The Morgan fingerprint density at radius 2 is 1.89 bits per heavy atom. The minimum Gasteiger partial charge on any atom is -0.437 e. The normalized spacial score (nSPS) is 16.5. The predicted molar refractivity (Wildman–Crippen MR) is 132 cm³/mol. The Balaban J connectivity index is 1.24. The fourth-order valence-electron chi connectivity index (χ4n) is 3.98. The Labute approximate surface area is 203 Å². The highest BCUT2D eigenvalue weighted by molar-refractivity contribution is 5.94. The highest BCUT2D eigenvalue weighted by Gasteiger charge is 2.22. The molecule has 0 spiro atoms. The maximum atomic E-state index is 12.7. The number of hydrogen-bond donors (Lipinski definition) is 2. The standard InChI is InChI=1S/C26H25N7O2/c1-32-12-14-33(15-13-32)25(34)19-8-6-18(7-9-19)17-29-26-28-11-10-21(31-26)20(16-27)24-30-22-4-2-3-5-23(22)35-24/h2-11,30H,12-15,17H2,1H3,(H,28,29,31)/b24-20-. The summed E-state index contributed by atoms with van der Waals surface area (Å²) < 4.78 is 5.79. The second-order valence-corrected chi connectivity index (χ2v) is 8.45. The molecule has 176 valence electrons. The molecule has 9 nitrogen and oxygen atoms in total. The van der Waals surface area contributed by atoms with E-state index < -0.39 is 0 Å². The van der Waals surface area contributed by atoms with E-state index in [4.69, 9.17) is 4.74 Å². The van der Waals surface area contributed by atoms with Crippen LogP contribution in [0.2, 0.25) is 0 Å². The third-order valence-corrected chi connectivity index (χ3v) is 6.04. The fourth-order valence-corrected chi connectivity index (χ4v) is 3.98. The van der Waals surface area contributed by atoms with Crippen molar-refractivity contribution in [2.24, 2.45) is 0 Å². The Kier molecular flexibility index (Phi) is 6.28. The van der Waals surface area contributed by atoms with Gasteiger partial charge in [0.05, 0.1) is 11.4 Å². The van der Waals surface area contributed by atoms with Crippen LogP contribution in [0, 0.1) is 11.3 Å². The highest BCUT2D eigenvalue weighted by atomic mass is 16.5. The third-order valence-electron chi connectivity index (χ3n) is 6.04. The van der Waals surface area contributed by atoms with E-state index in [9.17, 15) is 10.1 Å². The van der Waals surface area contributed by atoms with Crippen molar-refractivity contribution in [1.82, 2.24) is 19.8 Å². The number of allylic oxidation sites excluding steroid dienone is 1. The quantitative estimate of drug-likeness (QED) is 0.551. The van der Waals surface area contributed by atoms with Crippen molar-refractivity contribution >= 4 is 23.1 Å². The van der Waals surface area contributed by atoms with Gasteiger partial charge in [0.2, 0.25) is 11.8 Å². The lowest BCUT2D eigenvalue weighted by Gasteiger charge is -2.32. The smallest absolute Gasteiger partial charge is 0.253 e. The summed E-state index contributed by atoms with van der Waals surface area (Å²) in [6, 6.07) is 18.9. The Morgan fingerprint density at radius 1 is 1.11 bits per heavy atom. The van der Waals surface area contributed by atoms with Crippen LogP contribution in [0.3, 0.4) is 0 Å². The number of piperazine rings is 1. The molecule has 3 aromatic rings. The molecule has 3 heterocycles. The number of likely N-dealkylation sites (N-methyl/N-ethyl adjacent to an activating group) is 1. The lowest BCUT2D eigenvalue weighted by Crippen LogP contribution is -2.47. The van der Waals surface area contributed by atoms with Gasteiger partial charge in [-0.15, -0.1) is 0 Å². The van der Waals surface area contributed by atoms with Crippen LogP contribution in [-0.4, -0.2) is 58.9 Å². The molecule has 0 saturated carbocycles. The van der Waals surface area contributed by atoms with Crippen molar-refractivity contribution in [3.63, 3.8) is 0 Å². The van der Waals surface area contributed by atoms with E-state index in [0.717, 1.165) is 37.4 Å². The second-order valence-electron chi connectivity index (χ2n) is 8.45. The van der Waals surface area contributed by atoms with E-state index in [0.29, 0.717) is 41.0 Å². The van der Waals surface area contributed by atoms with Crippen LogP contribution in [0.1, 0.15) is 21.6 Å². The van der Waals surface area contributed by atoms with Crippen LogP contribution < -0.4 is 15.4 Å². The summed E-state index contributed by atoms with van der Waals surface area (Å²) >= 11 is 0. The monoisotopic (exact) mass is 467 g/mol. The first-order chi connectivity index (χ1) is 17.1. The van der Waals surface area contributed by atoms with E-state index in [1.807, 2.05) is 53.4 Å². The molecule has 2 aromatic carbocycles. The van der Waals surface area contributed by atoms with Gasteiger partial charge in [0.25, 0.3) is 5.91 Å². The van der Waals surface area contributed by atoms with Gasteiger partial charge in [-0.1, -0.05) is 24.3 Å². The molecule has 1 saturated heterocycles. The molecule has 9 heteroatoms. The number of nitriles is 1. The van der Waals surface area contributed by atoms with Gasteiger partial charge in [-0.2, -0.15) is 5.26 Å². The molecule has 5 rings (SSSR count). The molecule has 0 bridgehead atoms. The van der Waals surface area contributed by atoms with E-state index in [1.165, 1.54) is 0 Å². The highest BCUT2D eigenvalue weighted by Crippen LogP contribution is 2.35. The van der Waals surface area contributed by atoms with E-state index in [1.54, 1.807) is 12.3 Å². The summed E-state index contributed by atoms with van der Waals surface area (Å²) in [6.45, 7) is 3.77. The topological polar surface area (TPSA) is 106 Å². The van der Waals surface area contributed by atoms with Gasteiger partial charge in [-0.05, 0) is 42.9 Å². The number of fused-ring (bicyclic) bond motifs is 1. The van der Waals surface area contributed by atoms with Gasteiger partial charge in [0.15, 0.2) is 5.75 Å². The zero-order valence-corrected chi connectivity index (χ0v) is 19.4. The average Bonchev–Trinajstić information content (AvgIpc) is 3.32. The van der Waals surface area contributed by atoms with Gasteiger partial charge in [0, 0.05) is 44.5 Å². The first-order valence-electron chi connectivity index (χ1n) is 11.4. The van der Waals surface area contributed by atoms with Crippen LogP contribution in [0.15, 0.2) is 66.7 Å². The summed E-state index contributed by atoms with van der Waals surface area (Å²) in [5.41, 5.74) is 3.22. The molecule has 35 heavy (non-hydrogen) atoms. The predicted octanol–water partition coefficient (Wildman–Crippen LogP) is 3.17. The Bertz CT molecular complexity index is 1280. The number of para-hydroxylation sites is 2. The minimum absolute atomic E-state index is 0.0654. The number of carbonyl (C=O) groups is 1. The molecule has 1 fully saturated rings. The van der Waals surface area contributed by atoms with Gasteiger partial charge in [0.1, 0.15) is 11.6 Å². The van der Waals surface area contributed by atoms with Gasteiger partial charge >= 0.3 is 0 Å². The van der Waals surface area contributed by atoms with Crippen LogP contribution in [-0.2, 0) is 6.54 Å². The van der Waals surface area contributed by atoms with Gasteiger partial charge < -0.3 is 25.2 Å². The van der Waals surface area contributed by atoms with Crippen LogP contribution in [0.4, 0.5) is 11.6 Å². The molecule has 1 amide bonds. The van der Waals surface area contributed by atoms with Crippen LogP contribution >= 0.6 is 0 Å². The maximum absolute atomic E-state index is 12.7. The van der Waals surface area contributed by atoms with Gasteiger partial charge in [-0.3, -0.25) is 4.79 Å². The summed E-state index contributed by atoms with van der Waals surface area (Å²) in [5.74, 6) is 1.47. The number of nitrogens with zero attached hydrogens (tertiary/aromatic N) is 5. The van der Waals surface area contributed by atoms with Crippen molar-refractivity contribution in [1.29, 1.82) is 5.26 Å². The number of ether oxygens (including phenoxy) is 1. The SMILES string of the molecule is CN1CCN(C(=O)c2ccc(CNc3nccc(/C(C#N)=C4/Nc5ccccc5O4)n3)cc2)CC1. The fraction of sp³-hybridized carbons (Fsp3) is 0.231. The van der Waals surface area contributed by atoms with E-state index in [2.05, 4.69) is 38.6 Å². The zero-order chi connectivity index (χ0) is 24.2. The van der Waals surface area contributed by atoms with Gasteiger partial charge in [-0.25, -0.2) is 9.97 Å². The van der Waals surface area contributed by atoms with Crippen LogP contribution in [0.5, 0.6) is 5.75 Å². The minimum atomic E-state index is 0.0654. The zero-order valence-electron chi connectivity index (χ0n) is 19.4. The first-order valence-corrected chi connectivity index (χ1v) is 11.4. The summed E-state index contributed by atoms with van der Waals surface area (Å²) in [6.07, 6.45) is 1.60. The molecular weight excluding hydrogens is 442 g/mol. The third kappa shape index (κ3) is 4.93. The van der Waals surface area contributed by atoms with E-state index >= 15 is 0 Å². The first kappa shape index (κ1) is 22.4. The largest absolute Gasteiger partial charge is 0.437 e. The Morgan fingerprint density at radius 3 is 2.63 bits per heavy atom. The number of hydrogen-bond acceptors (Lipinski definition) is 8. The molecule has 2 aliphatic rings. The van der Waals surface area contributed by atoms with Crippen molar-refractivity contribution in [3.8, 4) is 11.8 Å². The van der Waals surface area contributed by atoms with Crippen molar-refractivity contribution in [2.45, 2.75) is 6.54 Å². The molecule has 2 N–H and O–H groups in total. The average molecular weight is 468 g/mol. The number of nitrogens with one attached hydrogen (secondary N) is 2. The summed E-state index contributed by atoms with van der Waals surface area (Å²) in [5, 5.41) is 16.1. The molecule has 0 unspecified atom stereocenters. The number of aromatic nitrogens is 2. The number of rotatable bonds is 5. The lowest BCUT2D eigenvalue weighted by molar-refractivity contribution is 0.0664. The number of amides is 1. The lowest BCUT2D eigenvalue weighted by atomic mass is 10.1. The number of carbonyl (C=O) groups excluding carboxylic acids is 1. The summed E-state index contributed by atoms with van der Waals surface area (Å²) in [4.78, 5) is 25.6. The second kappa shape index (κ2) is 9.83. The van der Waals surface area contributed by atoms with Crippen molar-refractivity contribution in [2.75, 3.05) is 43.9 Å². The molecule has 0 atom stereocenters. The van der Waals surface area contributed by atoms with Crippen molar-refractivity contribution < 1.29 is 9.53 Å². The molecular formula is C26H25N7O2. The van der Waals surface area contributed by atoms with Crippen molar-refractivity contribution in [3.05, 3.63) is 83.5 Å².